The van der Waals surface area contributed by atoms with Gasteiger partial charge in [-0.15, -0.1) is 0 Å². The van der Waals surface area contributed by atoms with Crippen LogP contribution in [-0.2, 0) is 4.79 Å². The van der Waals surface area contributed by atoms with E-state index in [1.807, 2.05) is 0 Å². The number of aliphatic carboxylic acids is 1. The number of carbonyl (C=O) groups is 4. The van der Waals surface area contributed by atoms with Gasteiger partial charge in [0.2, 0.25) is 5.78 Å². The normalized spacial score (nSPS) is 14.4. The summed E-state index contributed by atoms with van der Waals surface area (Å²) in [6, 6.07) is 1.68. The number of carboxylic acid groups (broad SMARTS) is 1. The van der Waals surface area contributed by atoms with Crippen LogP contribution >= 0.6 is 11.6 Å². The molecule has 0 fully saturated rings. The molecule has 0 bridgehead atoms. The van der Waals surface area contributed by atoms with Crippen molar-refractivity contribution in [1.29, 1.82) is 0 Å². The molecule has 2 aromatic carbocycles. The molecule has 0 saturated carbocycles. The molecule has 2 aromatic rings. The van der Waals surface area contributed by atoms with Crippen LogP contribution < -0.4 is 5.32 Å². The number of amides is 1. The second-order valence-corrected chi connectivity index (χ2v) is 7.61. The maximum Gasteiger partial charge on any atom is 0.326 e. The number of carbonyl (C=O) groups excluding carboxylic acids is 3. The standard InChI is InChI=1S/C21H18ClNO8/c1-3-7(2)16(21(30)31)23-20(29)8-4-9-13(11(24)5-8)18(27)14-10(17(9)26)6-12(25)15(22)19(14)28/h4-7,16,24-25,28H,3H2,1-2H3,(H,23,29)(H,30,31)/t7?,16-/m0/s1. The molecule has 3 rings (SSSR count). The van der Waals surface area contributed by atoms with Crippen LogP contribution in [0.15, 0.2) is 18.2 Å². The minimum Gasteiger partial charge on any atom is -0.507 e. The Labute approximate surface area is 180 Å². The Morgan fingerprint density at radius 2 is 1.61 bits per heavy atom. The zero-order chi connectivity index (χ0) is 23.2. The smallest absolute Gasteiger partial charge is 0.326 e. The molecule has 10 heteroatoms. The molecular formula is C21H18ClNO8. The second-order valence-electron chi connectivity index (χ2n) is 7.23. The van der Waals surface area contributed by atoms with Crippen molar-refractivity contribution in [1.82, 2.24) is 5.32 Å². The summed E-state index contributed by atoms with van der Waals surface area (Å²) in [5.41, 5.74) is -1.84. The van der Waals surface area contributed by atoms with Crippen molar-refractivity contribution in [2.75, 3.05) is 0 Å². The summed E-state index contributed by atoms with van der Waals surface area (Å²) in [6.07, 6.45) is 0.478. The third-order valence-electron chi connectivity index (χ3n) is 5.31. The van der Waals surface area contributed by atoms with Gasteiger partial charge in [0.05, 0.1) is 11.1 Å². The van der Waals surface area contributed by atoms with Crippen molar-refractivity contribution in [2.24, 2.45) is 5.92 Å². The molecular weight excluding hydrogens is 430 g/mol. The van der Waals surface area contributed by atoms with Crippen LogP contribution in [0.25, 0.3) is 0 Å². The molecule has 1 aliphatic rings. The lowest BCUT2D eigenvalue weighted by Gasteiger charge is -2.22. The molecule has 1 amide bonds. The number of ketones is 2. The van der Waals surface area contributed by atoms with Gasteiger partial charge in [-0.2, -0.15) is 0 Å². The Bertz CT molecular complexity index is 1160. The van der Waals surface area contributed by atoms with Gasteiger partial charge >= 0.3 is 5.97 Å². The van der Waals surface area contributed by atoms with Gasteiger partial charge in [0.15, 0.2) is 5.78 Å². The lowest BCUT2D eigenvalue weighted by Crippen LogP contribution is -2.45. The van der Waals surface area contributed by atoms with Crippen LogP contribution in [0.3, 0.4) is 0 Å². The molecule has 0 saturated heterocycles. The van der Waals surface area contributed by atoms with E-state index < -0.39 is 68.8 Å². The van der Waals surface area contributed by atoms with Gasteiger partial charge < -0.3 is 25.7 Å². The van der Waals surface area contributed by atoms with E-state index in [1.54, 1.807) is 13.8 Å². The van der Waals surface area contributed by atoms with Crippen LogP contribution in [0.1, 0.15) is 62.5 Å². The summed E-state index contributed by atoms with van der Waals surface area (Å²) in [4.78, 5) is 49.9. The van der Waals surface area contributed by atoms with Crippen molar-refractivity contribution in [3.8, 4) is 17.2 Å². The summed E-state index contributed by atoms with van der Waals surface area (Å²) in [7, 11) is 0. The lowest BCUT2D eigenvalue weighted by molar-refractivity contribution is -0.140. The number of rotatable bonds is 5. The first-order valence-electron chi connectivity index (χ1n) is 9.24. The Hall–Kier alpha value is -3.59. The molecule has 162 valence electrons. The zero-order valence-corrected chi connectivity index (χ0v) is 17.1. The Morgan fingerprint density at radius 1 is 1.00 bits per heavy atom. The zero-order valence-electron chi connectivity index (χ0n) is 16.4. The molecule has 0 heterocycles. The molecule has 5 N–H and O–H groups in total. The highest BCUT2D eigenvalue weighted by molar-refractivity contribution is 6.37. The predicted octanol–water partition coefficient (Wildman–Crippen LogP) is 2.46. The van der Waals surface area contributed by atoms with Gasteiger partial charge in [-0.05, 0) is 24.1 Å². The van der Waals surface area contributed by atoms with Crippen LogP contribution in [0.4, 0.5) is 0 Å². The van der Waals surface area contributed by atoms with Crippen molar-refractivity contribution < 1.29 is 39.6 Å². The first kappa shape index (κ1) is 22.1. The second kappa shape index (κ2) is 7.92. The van der Waals surface area contributed by atoms with Crippen molar-refractivity contribution in [2.45, 2.75) is 26.3 Å². The SMILES string of the molecule is CCC(C)[C@H](NC(=O)c1cc(O)c2c(c1)C(=O)c1cc(O)c(Cl)c(O)c1C2=O)C(=O)O. The highest BCUT2D eigenvalue weighted by Gasteiger charge is 2.37. The summed E-state index contributed by atoms with van der Waals surface area (Å²) in [6.45, 7) is 3.41. The highest BCUT2D eigenvalue weighted by atomic mass is 35.5. The van der Waals surface area contributed by atoms with E-state index in [0.717, 1.165) is 18.2 Å². The number of fused-ring (bicyclic) bond motifs is 2. The lowest BCUT2D eigenvalue weighted by atomic mass is 9.82. The maximum atomic E-state index is 12.9. The molecule has 0 spiro atoms. The topological polar surface area (TPSA) is 161 Å². The minimum atomic E-state index is -1.24. The van der Waals surface area contributed by atoms with Gasteiger partial charge in [-0.25, -0.2) is 4.79 Å². The minimum absolute atomic E-state index is 0.238. The van der Waals surface area contributed by atoms with Gasteiger partial charge in [0.1, 0.15) is 28.3 Å². The van der Waals surface area contributed by atoms with Crippen LogP contribution in [-0.4, -0.2) is 49.9 Å². The summed E-state index contributed by atoms with van der Waals surface area (Å²) < 4.78 is 0. The third-order valence-corrected chi connectivity index (χ3v) is 5.68. The van der Waals surface area contributed by atoms with Gasteiger partial charge in [-0.3, -0.25) is 14.4 Å². The van der Waals surface area contributed by atoms with E-state index in [2.05, 4.69) is 5.32 Å². The number of phenolic OH excluding ortho intramolecular Hbond substituents is 3. The van der Waals surface area contributed by atoms with E-state index in [4.69, 9.17) is 11.6 Å². The van der Waals surface area contributed by atoms with Crippen LogP contribution in [0, 0.1) is 5.92 Å². The number of benzene rings is 2. The number of halogens is 1. The average molecular weight is 448 g/mol. The first-order valence-corrected chi connectivity index (χ1v) is 9.61. The number of hydrogen-bond acceptors (Lipinski definition) is 7. The number of hydrogen-bond donors (Lipinski definition) is 5. The van der Waals surface area contributed by atoms with E-state index in [9.17, 15) is 39.6 Å². The van der Waals surface area contributed by atoms with Crippen LogP contribution in [0.5, 0.6) is 17.2 Å². The van der Waals surface area contributed by atoms with Crippen molar-refractivity contribution in [3.05, 3.63) is 51.0 Å². The van der Waals surface area contributed by atoms with Crippen molar-refractivity contribution >= 4 is 35.0 Å². The maximum absolute atomic E-state index is 12.9. The quantitative estimate of drug-likeness (QED) is 0.398. The summed E-state index contributed by atoms with van der Waals surface area (Å²) >= 11 is 5.75. The molecule has 31 heavy (non-hydrogen) atoms. The molecule has 1 unspecified atom stereocenters. The molecule has 2 atom stereocenters. The van der Waals surface area contributed by atoms with Crippen molar-refractivity contribution in [3.63, 3.8) is 0 Å². The molecule has 1 aliphatic carbocycles. The Morgan fingerprint density at radius 3 is 2.19 bits per heavy atom. The number of nitrogens with one attached hydrogen (secondary N) is 1. The van der Waals surface area contributed by atoms with E-state index in [0.29, 0.717) is 6.42 Å². The fraction of sp³-hybridized carbons (Fsp3) is 0.238. The van der Waals surface area contributed by atoms with Gasteiger partial charge in [-0.1, -0.05) is 31.9 Å². The third kappa shape index (κ3) is 3.57. The monoisotopic (exact) mass is 447 g/mol. The predicted molar refractivity (Wildman–Crippen MR) is 108 cm³/mol. The van der Waals surface area contributed by atoms with Gasteiger partial charge in [0.25, 0.3) is 5.91 Å². The van der Waals surface area contributed by atoms with E-state index >= 15 is 0 Å². The largest absolute Gasteiger partial charge is 0.507 e. The van der Waals surface area contributed by atoms with Gasteiger partial charge in [0, 0.05) is 16.7 Å². The van der Waals surface area contributed by atoms with E-state index in [1.165, 1.54) is 0 Å². The fourth-order valence-corrected chi connectivity index (χ4v) is 3.54. The molecule has 0 radical (unpaired) electrons. The first-order chi connectivity index (χ1) is 14.5. The summed E-state index contributed by atoms with van der Waals surface area (Å²) in [5, 5.41) is 41.5. The molecule has 0 aliphatic heterocycles. The number of carboxylic acids is 1. The number of aromatic hydroxyl groups is 3. The molecule has 0 aromatic heterocycles. The highest BCUT2D eigenvalue weighted by Crippen LogP contribution is 2.43. The number of phenols is 3. The average Bonchev–Trinajstić information content (AvgIpc) is 2.72. The summed E-state index contributed by atoms with van der Waals surface area (Å²) in [5.74, 6) is -6.39. The molecule has 9 nitrogen and oxygen atoms in total. The van der Waals surface area contributed by atoms with E-state index in [-0.39, 0.29) is 16.7 Å². The Kier molecular flexibility index (Phi) is 5.64. The van der Waals surface area contributed by atoms with Crippen LogP contribution in [0.2, 0.25) is 5.02 Å². The fourth-order valence-electron chi connectivity index (χ4n) is 3.39. The Balaban J connectivity index is 2.09.